The minimum atomic E-state index is -0.944. The molecule has 0 heterocycles. The number of aryl methyl sites for hydroxylation is 2. The zero-order valence-corrected chi connectivity index (χ0v) is 18.7. The number of rotatable bonds is 17. The van der Waals surface area contributed by atoms with Crippen molar-refractivity contribution in [3.8, 4) is 0 Å². The zero-order valence-electron chi connectivity index (χ0n) is 18.7. The van der Waals surface area contributed by atoms with Gasteiger partial charge in [0.1, 0.15) is 0 Å². The third-order valence-corrected chi connectivity index (χ3v) is 5.78. The summed E-state index contributed by atoms with van der Waals surface area (Å²) in [5.74, 6) is -0.236. The highest BCUT2D eigenvalue weighted by molar-refractivity contribution is 5.73. The van der Waals surface area contributed by atoms with Gasteiger partial charge in [-0.1, -0.05) is 89.0 Å². The lowest BCUT2D eigenvalue weighted by Gasteiger charge is -2.30. The number of amides is 1. The smallest absolute Gasteiger partial charge is 0.217 e. The molecule has 0 aliphatic carbocycles. The van der Waals surface area contributed by atoms with E-state index in [0.717, 1.165) is 12.0 Å². The molecule has 166 valence electrons. The van der Waals surface area contributed by atoms with Crippen molar-refractivity contribution >= 4 is 5.91 Å². The van der Waals surface area contributed by atoms with E-state index in [0.29, 0.717) is 12.8 Å². The molecule has 0 atom stereocenters. The van der Waals surface area contributed by atoms with Crippen LogP contribution in [-0.4, -0.2) is 34.9 Å². The van der Waals surface area contributed by atoms with E-state index in [-0.39, 0.29) is 19.1 Å². The van der Waals surface area contributed by atoms with Crippen LogP contribution < -0.4 is 5.32 Å². The highest BCUT2D eigenvalue weighted by Gasteiger charge is 2.29. The van der Waals surface area contributed by atoms with Gasteiger partial charge in [-0.05, 0) is 36.8 Å². The number of aliphatic hydroxyl groups is 2. The van der Waals surface area contributed by atoms with Crippen LogP contribution in [0.1, 0.15) is 95.6 Å². The van der Waals surface area contributed by atoms with Crippen LogP contribution in [0.4, 0.5) is 0 Å². The van der Waals surface area contributed by atoms with Crippen LogP contribution in [-0.2, 0) is 17.6 Å². The Morgan fingerprint density at radius 3 is 1.69 bits per heavy atom. The Morgan fingerprint density at radius 1 is 0.793 bits per heavy atom. The molecular weight excluding hydrogens is 362 g/mol. The number of benzene rings is 1. The zero-order chi connectivity index (χ0) is 21.4. The van der Waals surface area contributed by atoms with Gasteiger partial charge >= 0.3 is 0 Å². The van der Waals surface area contributed by atoms with Gasteiger partial charge in [-0.3, -0.25) is 4.79 Å². The van der Waals surface area contributed by atoms with Crippen molar-refractivity contribution in [1.29, 1.82) is 0 Å². The fourth-order valence-electron chi connectivity index (χ4n) is 3.80. The van der Waals surface area contributed by atoms with Crippen molar-refractivity contribution in [2.45, 2.75) is 103 Å². The summed E-state index contributed by atoms with van der Waals surface area (Å²) < 4.78 is 0. The number of hydrogen-bond acceptors (Lipinski definition) is 3. The molecule has 0 saturated heterocycles. The van der Waals surface area contributed by atoms with Crippen LogP contribution >= 0.6 is 0 Å². The minimum Gasteiger partial charge on any atom is -0.394 e. The topological polar surface area (TPSA) is 69.6 Å². The maximum atomic E-state index is 11.3. The molecule has 0 saturated carbocycles. The van der Waals surface area contributed by atoms with E-state index < -0.39 is 5.54 Å². The van der Waals surface area contributed by atoms with Gasteiger partial charge < -0.3 is 15.5 Å². The van der Waals surface area contributed by atoms with E-state index in [4.69, 9.17) is 0 Å². The van der Waals surface area contributed by atoms with Gasteiger partial charge in [0, 0.05) is 6.92 Å². The second kappa shape index (κ2) is 15.4. The number of hydrogen-bond donors (Lipinski definition) is 3. The molecule has 1 aromatic carbocycles. The molecule has 0 spiro atoms. The molecular formula is C25H43NO3. The molecule has 1 rings (SSSR count). The summed E-state index contributed by atoms with van der Waals surface area (Å²) >= 11 is 0. The molecule has 4 nitrogen and oxygen atoms in total. The van der Waals surface area contributed by atoms with Gasteiger partial charge in [0.2, 0.25) is 5.91 Å². The Morgan fingerprint density at radius 2 is 1.24 bits per heavy atom. The largest absolute Gasteiger partial charge is 0.394 e. The van der Waals surface area contributed by atoms with Crippen LogP contribution in [0.5, 0.6) is 0 Å². The van der Waals surface area contributed by atoms with Gasteiger partial charge in [0.15, 0.2) is 0 Å². The van der Waals surface area contributed by atoms with E-state index in [1.807, 2.05) is 0 Å². The van der Waals surface area contributed by atoms with Crippen molar-refractivity contribution in [2.24, 2.45) is 0 Å². The van der Waals surface area contributed by atoms with Gasteiger partial charge in [0.25, 0.3) is 0 Å². The molecule has 0 radical (unpaired) electrons. The highest BCUT2D eigenvalue weighted by Crippen LogP contribution is 2.17. The lowest BCUT2D eigenvalue weighted by molar-refractivity contribution is -0.122. The summed E-state index contributed by atoms with van der Waals surface area (Å²) in [6, 6.07) is 8.61. The normalized spacial score (nSPS) is 11.6. The second-order valence-electron chi connectivity index (χ2n) is 8.53. The van der Waals surface area contributed by atoms with Crippen LogP contribution in [0.3, 0.4) is 0 Å². The van der Waals surface area contributed by atoms with Crippen LogP contribution in [0.15, 0.2) is 24.3 Å². The van der Waals surface area contributed by atoms with Gasteiger partial charge in [-0.2, -0.15) is 0 Å². The maximum Gasteiger partial charge on any atom is 0.217 e. The van der Waals surface area contributed by atoms with Gasteiger partial charge in [-0.15, -0.1) is 0 Å². The van der Waals surface area contributed by atoms with E-state index in [9.17, 15) is 15.0 Å². The summed E-state index contributed by atoms with van der Waals surface area (Å²) in [5, 5.41) is 21.9. The molecule has 29 heavy (non-hydrogen) atoms. The van der Waals surface area contributed by atoms with Gasteiger partial charge in [-0.25, -0.2) is 0 Å². The molecule has 0 fully saturated rings. The second-order valence-corrected chi connectivity index (χ2v) is 8.53. The van der Waals surface area contributed by atoms with Crippen molar-refractivity contribution in [2.75, 3.05) is 13.2 Å². The summed E-state index contributed by atoms with van der Waals surface area (Å²) in [6.45, 7) is 3.14. The number of carbonyl (C=O) groups is 1. The summed E-state index contributed by atoms with van der Waals surface area (Å²) in [4.78, 5) is 11.3. The number of unbranched alkanes of at least 4 members (excludes halogenated alkanes) is 9. The van der Waals surface area contributed by atoms with Crippen molar-refractivity contribution in [3.63, 3.8) is 0 Å². The quantitative estimate of drug-likeness (QED) is 0.321. The average Bonchev–Trinajstić information content (AvgIpc) is 2.73. The molecule has 0 bridgehead atoms. The molecule has 0 aliphatic heterocycles. The van der Waals surface area contributed by atoms with Crippen LogP contribution in [0.2, 0.25) is 0 Å². The van der Waals surface area contributed by atoms with Crippen molar-refractivity contribution in [3.05, 3.63) is 35.4 Å². The minimum absolute atomic E-state index is 0.236. The van der Waals surface area contributed by atoms with Crippen LogP contribution in [0, 0.1) is 0 Å². The average molecular weight is 406 g/mol. The number of carbonyl (C=O) groups excluding carboxylic acids is 1. The Bertz CT molecular complexity index is 538. The van der Waals surface area contributed by atoms with Crippen molar-refractivity contribution < 1.29 is 15.0 Å². The van der Waals surface area contributed by atoms with E-state index in [1.165, 1.54) is 76.7 Å². The first kappa shape index (κ1) is 25.6. The fraction of sp³-hybridized carbons (Fsp3) is 0.720. The molecule has 0 aliphatic rings. The molecule has 3 N–H and O–H groups in total. The first-order chi connectivity index (χ1) is 14.0. The third-order valence-electron chi connectivity index (χ3n) is 5.78. The SMILES string of the molecule is CCCCCCCCCCCCc1ccc(CCC(CO)(CO)NC(C)=O)cc1. The Balaban J connectivity index is 2.22. The van der Waals surface area contributed by atoms with Crippen molar-refractivity contribution in [1.82, 2.24) is 5.32 Å². The lowest BCUT2D eigenvalue weighted by Crippen LogP contribution is -2.53. The number of nitrogens with one attached hydrogen (secondary N) is 1. The first-order valence-corrected chi connectivity index (χ1v) is 11.6. The summed E-state index contributed by atoms with van der Waals surface area (Å²) in [6.07, 6.45) is 15.9. The third kappa shape index (κ3) is 11.4. The fourth-order valence-corrected chi connectivity index (χ4v) is 3.80. The summed E-state index contributed by atoms with van der Waals surface area (Å²) in [7, 11) is 0. The molecule has 1 aromatic rings. The van der Waals surface area contributed by atoms with E-state index in [1.54, 1.807) is 0 Å². The molecule has 1 amide bonds. The monoisotopic (exact) mass is 405 g/mol. The predicted molar refractivity (Wildman–Crippen MR) is 121 cm³/mol. The van der Waals surface area contributed by atoms with E-state index >= 15 is 0 Å². The van der Waals surface area contributed by atoms with Crippen LogP contribution in [0.25, 0.3) is 0 Å². The lowest BCUT2D eigenvalue weighted by atomic mass is 9.92. The molecule has 0 aromatic heterocycles. The Labute approximate surface area is 178 Å². The first-order valence-electron chi connectivity index (χ1n) is 11.6. The van der Waals surface area contributed by atoms with Gasteiger partial charge in [0.05, 0.1) is 18.8 Å². The standard InChI is InChI=1S/C25H43NO3/c1-3-4-5-6-7-8-9-10-11-12-13-23-14-16-24(17-15-23)18-19-25(20-27,21-28)26-22(2)29/h14-17,27-28H,3-13,18-21H2,1-2H3,(H,26,29). The Kier molecular flexibility index (Phi) is 13.7. The predicted octanol–water partition coefficient (Wildman–Crippen LogP) is 4.94. The Hall–Kier alpha value is -1.39. The molecule has 0 unspecified atom stereocenters. The van der Waals surface area contributed by atoms with E-state index in [2.05, 4.69) is 36.5 Å². The summed E-state index contributed by atoms with van der Waals surface area (Å²) in [5.41, 5.74) is 1.58. The highest BCUT2D eigenvalue weighted by atomic mass is 16.3. The molecule has 4 heteroatoms. The maximum absolute atomic E-state index is 11.3. The number of aliphatic hydroxyl groups excluding tert-OH is 2.